The first kappa shape index (κ1) is 12.6. The summed E-state index contributed by atoms with van der Waals surface area (Å²) in [5, 5.41) is 6.08. The van der Waals surface area contributed by atoms with E-state index in [1.807, 2.05) is 34.9 Å². The molecule has 0 aliphatic rings. The number of aryl methyl sites for hydroxylation is 1. The number of nitrogen functional groups attached to an aromatic ring is 1. The van der Waals surface area contributed by atoms with Gasteiger partial charge in [-0.15, -0.1) is 11.3 Å². The van der Waals surface area contributed by atoms with Gasteiger partial charge in [0.2, 0.25) is 0 Å². The van der Waals surface area contributed by atoms with Crippen molar-refractivity contribution in [2.45, 2.75) is 13.5 Å². The quantitative estimate of drug-likeness (QED) is 0.649. The number of rotatable bonds is 3. The maximum absolute atomic E-state index is 13.4. The molecule has 0 saturated carbocycles. The fourth-order valence-electron chi connectivity index (χ4n) is 1.39. The van der Waals surface area contributed by atoms with Crippen molar-refractivity contribution in [2.24, 2.45) is 0 Å². The molecule has 90 valence electrons. The Morgan fingerprint density at radius 1 is 1.53 bits per heavy atom. The third-order valence-electron chi connectivity index (χ3n) is 2.22. The number of hydrogen-bond donors (Lipinski definition) is 2. The van der Waals surface area contributed by atoms with Crippen LogP contribution in [0.5, 0.6) is 0 Å². The lowest BCUT2D eigenvalue weighted by molar-refractivity contribution is 0.621. The zero-order valence-corrected chi connectivity index (χ0v) is 12.1. The monoisotopic (exact) mass is 363 g/mol. The van der Waals surface area contributed by atoms with Crippen molar-refractivity contribution < 1.29 is 4.39 Å². The third-order valence-corrected chi connectivity index (χ3v) is 3.87. The SMILES string of the molecule is Cc1nc(CNc2cc(F)c(I)cc2N)cs1. The average Bonchev–Trinajstić information content (AvgIpc) is 2.68. The number of anilines is 2. The van der Waals surface area contributed by atoms with Gasteiger partial charge in [0.25, 0.3) is 0 Å². The van der Waals surface area contributed by atoms with Crippen LogP contribution in [0.1, 0.15) is 10.7 Å². The summed E-state index contributed by atoms with van der Waals surface area (Å²) < 4.78 is 13.9. The Bertz CT molecular complexity index is 542. The first-order chi connectivity index (χ1) is 8.06. The topological polar surface area (TPSA) is 50.9 Å². The molecule has 0 atom stereocenters. The van der Waals surface area contributed by atoms with E-state index in [-0.39, 0.29) is 5.82 Å². The molecule has 0 unspecified atom stereocenters. The molecule has 1 aromatic heterocycles. The van der Waals surface area contributed by atoms with E-state index in [0.29, 0.717) is 21.5 Å². The number of nitrogens with zero attached hydrogens (tertiary/aromatic N) is 1. The van der Waals surface area contributed by atoms with Gasteiger partial charge in [0, 0.05) is 11.4 Å². The first-order valence-corrected chi connectivity index (χ1v) is 6.91. The molecule has 3 N–H and O–H groups in total. The first-order valence-electron chi connectivity index (χ1n) is 4.95. The smallest absolute Gasteiger partial charge is 0.138 e. The number of nitrogens with two attached hydrogens (primary N) is 1. The van der Waals surface area contributed by atoms with Crippen LogP contribution >= 0.6 is 33.9 Å². The van der Waals surface area contributed by atoms with Gasteiger partial charge in [-0.05, 0) is 35.6 Å². The van der Waals surface area contributed by atoms with Gasteiger partial charge in [-0.1, -0.05) is 0 Å². The standard InChI is InChI=1S/C11H11FIN3S/c1-6-16-7(5-17-6)4-15-11-2-8(12)9(13)3-10(11)14/h2-3,5,15H,4,14H2,1H3. The average molecular weight is 363 g/mol. The number of hydrogen-bond acceptors (Lipinski definition) is 4. The molecule has 2 aromatic rings. The van der Waals surface area contributed by atoms with Crippen LogP contribution in [-0.2, 0) is 6.54 Å². The van der Waals surface area contributed by atoms with E-state index in [2.05, 4.69) is 10.3 Å². The molecule has 0 bridgehead atoms. The highest BCUT2D eigenvalue weighted by Gasteiger charge is 2.06. The zero-order chi connectivity index (χ0) is 12.4. The summed E-state index contributed by atoms with van der Waals surface area (Å²) in [7, 11) is 0. The van der Waals surface area contributed by atoms with Crippen LogP contribution in [-0.4, -0.2) is 4.98 Å². The second kappa shape index (κ2) is 5.18. The van der Waals surface area contributed by atoms with Gasteiger partial charge >= 0.3 is 0 Å². The van der Waals surface area contributed by atoms with Crippen LogP contribution in [0.2, 0.25) is 0 Å². The van der Waals surface area contributed by atoms with Crippen LogP contribution in [0.3, 0.4) is 0 Å². The summed E-state index contributed by atoms with van der Waals surface area (Å²) in [6.07, 6.45) is 0. The molecule has 0 fully saturated rings. The van der Waals surface area contributed by atoms with Crippen molar-refractivity contribution in [2.75, 3.05) is 11.1 Å². The molecule has 1 heterocycles. The predicted octanol–water partition coefficient (Wildman–Crippen LogP) is 3.39. The molecule has 0 amide bonds. The highest BCUT2D eigenvalue weighted by molar-refractivity contribution is 14.1. The highest BCUT2D eigenvalue weighted by Crippen LogP contribution is 2.24. The van der Waals surface area contributed by atoms with E-state index in [1.165, 1.54) is 6.07 Å². The minimum absolute atomic E-state index is 0.267. The molecule has 6 heteroatoms. The molecule has 0 aliphatic heterocycles. The van der Waals surface area contributed by atoms with Crippen LogP contribution in [0.15, 0.2) is 17.5 Å². The molecule has 3 nitrogen and oxygen atoms in total. The Kier molecular flexibility index (Phi) is 3.82. The maximum Gasteiger partial charge on any atom is 0.138 e. The van der Waals surface area contributed by atoms with Crippen LogP contribution in [0, 0.1) is 16.3 Å². The molecule has 2 rings (SSSR count). The van der Waals surface area contributed by atoms with Crippen molar-refractivity contribution in [1.82, 2.24) is 4.98 Å². The van der Waals surface area contributed by atoms with Gasteiger partial charge in [0.15, 0.2) is 0 Å². The van der Waals surface area contributed by atoms with E-state index in [9.17, 15) is 4.39 Å². The molecule has 1 aromatic carbocycles. The Balaban J connectivity index is 2.11. The van der Waals surface area contributed by atoms with Crippen molar-refractivity contribution in [3.63, 3.8) is 0 Å². The number of aromatic nitrogens is 1. The second-order valence-electron chi connectivity index (χ2n) is 3.56. The van der Waals surface area contributed by atoms with Crippen molar-refractivity contribution >= 4 is 45.3 Å². The van der Waals surface area contributed by atoms with Gasteiger partial charge < -0.3 is 11.1 Å². The van der Waals surface area contributed by atoms with E-state index in [4.69, 9.17) is 5.73 Å². The summed E-state index contributed by atoms with van der Waals surface area (Å²) in [4.78, 5) is 4.32. The molecule has 0 saturated heterocycles. The fourth-order valence-corrected chi connectivity index (χ4v) is 2.49. The Labute approximate surface area is 116 Å². The molecule has 17 heavy (non-hydrogen) atoms. The lowest BCUT2D eigenvalue weighted by Gasteiger charge is -2.09. The van der Waals surface area contributed by atoms with Crippen molar-refractivity contribution in [3.8, 4) is 0 Å². The Morgan fingerprint density at radius 3 is 2.94 bits per heavy atom. The number of benzene rings is 1. The van der Waals surface area contributed by atoms with Crippen LogP contribution in [0.25, 0.3) is 0 Å². The van der Waals surface area contributed by atoms with Gasteiger partial charge in [-0.25, -0.2) is 9.37 Å². The van der Waals surface area contributed by atoms with Crippen LogP contribution in [0.4, 0.5) is 15.8 Å². The highest BCUT2D eigenvalue weighted by atomic mass is 127. The summed E-state index contributed by atoms with van der Waals surface area (Å²) in [6, 6.07) is 3.03. The van der Waals surface area contributed by atoms with Gasteiger partial charge in [0.05, 0.1) is 32.2 Å². The Morgan fingerprint density at radius 2 is 2.29 bits per heavy atom. The van der Waals surface area contributed by atoms with E-state index in [1.54, 1.807) is 17.4 Å². The van der Waals surface area contributed by atoms with Crippen molar-refractivity contribution in [3.05, 3.63) is 37.6 Å². The number of nitrogens with one attached hydrogen (secondary N) is 1. The van der Waals surface area contributed by atoms with Crippen molar-refractivity contribution in [1.29, 1.82) is 0 Å². The third kappa shape index (κ3) is 3.06. The Hall–Kier alpha value is -0.890. The summed E-state index contributed by atoms with van der Waals surface area (Å²) in [5.41, 5.74) is 7.89. The summed E-state index contributed by atoms with van der Waals surface area (Å²) >= 11 is 3.51. The molecule has 0 aliphatic carbocycles. The number of thiazole rings is 1. The molecular weight excluding hydrogens is 352 g/mol. The lowest BCUT2D eigenvalue weighted by Crippen LogP contribution is -2.04. The minimum Gasteiger partial charge on any atom is -0.397 e. The predicted molar refractivity (Wildman–Crippen MR) is 77.7 cm³/mol. The summed E-state index contributed by atoms with van der Waals surface area (Å²) in [6.45, 7) is 2.50. The largest absolute Gasteiger partial charge is 0.397 e. The molecule has 0 radical (unpaired) electrons. The maximum atomic E-state index is 13.4. The normalized spacial score (nSPS) is 10.5. The summed E-state index contributed by atoms with van der Waals surface area (Å²) in [5.74, 6) is -0.267. The second-order valence-corrected chi connectivity index (χ2v) is 5.79. The minimum atomic E-state index is -0.267. The molecular formula is C11H11FIN3S. The van der Waals surface area contributed by atoms with Gasteiger partial charge in [-0.3, -0.25) is 0 Å². The lowest BCUT2D eigenvalue weighted by atomic mass is 10.2. The molecule has 0 spiro atoms. The van der Waals surface area contributed by atoms with E-state index < -0.39 is 0 Å². The zero-order valence-electron chi connectivity index (χ0n) is 9.13. The fraction of sp³-hybridized carbons (Fsp3) is 0.182. The van der Waals surface area contributed by atoms with E-state index in [0.717, 1.165) is 10.7 Å². The van der Waals surface area contributed by atoms with E-state index >= 15 is 0 Å². The van der Waals surface area contributed by atoms with Gasteiger partial charge in [-0.2, -0.15) is 0 Å². The van der Waals surface area contributed by atoms with Crippen LogP contribution < -0.4 is 11.1 Å². The van der Waals surface area contributed by atoms with Gasteiger partial charge in [0.1, 0.15) is 5.82 Å². The number of halogens is 2.